The predicted molar refractivity (Wildman–Crippen MR) is 82.5 cm³/mol. The number of likely N-dealkylation sites (N-methyl/N-ethyl adjacent to an activating group) is 1. The molecule has 0 saturated heterocycles. The Morgan fingerprint density at radius 2 is 1.85 bits per heavy atom. The fraction of sp³-hybridized carbons (Fsp3) is 0.875. The van der Waals surface area contributed by atoms with E-state index < -0.39 is 0 Å². The van der Waals surface area contributed by atoms with Crippen LogP contribution in [0.4, 0.5) is 0 Å². The van der Waals surface area contributed by atoms with Crippen molar-refractivity contribution in [3.8, 4) is 0 Å². The maximum Gasteiger partial charge on any atom is 0.138 e. The van der Waals surface area contributed by atoms with Gasteiger partial charge in [0.25, 0.3) is 0 Å². The van der Waals surface area contributed by atoms with Gasteiger partial charge in [-0.05, 0) is 29.7 Å². The van der Waals surface area contributed by atoms with Gasteiger partial charge in [-0.3, -0.25) is 0 Å². The van der Waals surface area contributed by atoms with Crippen LogP contribution in [0, 0.1) is 22.7 Å². The Balaban J connectivity index is 2.11. The molecule has 2 rings (SSSR count). The largest absolute Gasteiger partial charge is 0.316 e. The molecule has 0 radical (unpaired) electrons. The van der Waals surface area contributed by atoms with E-state index in [-0.39, 0.29) is 0 Å². The molecule has 1 aliphatic rings. The molecule has 20 heavy (non-hydrogen) atoms. The van der Waals surface area contributed by atoms with Crippen LogP contribution in [-0.2, 0) is 13.0 Å². The highest BCUT2D eigenvalue weighted by Crippen LogP contribution is 2.69. The van der Waals surface area contributed by atoms with E-state index in [2.05, 4.69) is 68.7 Å². The van der Waals surface area contributed by atoms with Gasteiger partial charge < -0.3 is 5.32 Å². The summed E-state index contributed by atoms with van der Waals surface area (Å²) in [6.45, 7) is 14.9. The first-order valence-electron chi connectivity index (χ1n) is 7.75. The molecule has 1 saturated carbocycles. The predicted octanol–water partition coefficient (Wildman–Crippen LogP) is 2.75. The minimum absolute atomic E-state index is 0.392. The van der Waals surface area contributed by atoms with Crippen LogP contribution in [0.1, 0.15) is 47.4 Å². The van der Waals surface area contributed by atoms with Gasteiger partial charge in [0.1, 0.15) is 12.2 Å². The van der Waals surface area contributed by atoms with Crippen molar-refractivity contribution in [3.05, 3.63) is 12.2 Å². The fourth-order valence-electron chi connectivity index (χ4n) is 3.78. The van der Waals surface area contributed by atoms with Crippen molar-refractivity contribution in [2.45, 2.75) is 60.5 Å². The summed E-state index contributed by atoms with van der Waals surface area (Å²) in [5.74, 6) is 2.39. The Bertz CT molecular complexity index is 445. The van der Waals surface area contributed by atoms with Crippen molar-refractivity contribution in [2.24, 2.45) is 22.7 Å². The van der Waals surface area contributed by atoms with Gasteiger partial charge in [-0.25, -0.2) is 9.67 Å². The zero-order valence-electron chi connectivity index (χ0n) is 14.1. The van der Waals surface area contributed by atoms with E-state index in [0.29, 0.717) is 28.7 Å². The lowest BCUT2D eigenvalue weighted by Crippen LogP contribution is -2.33. The number of hydrogen-bond donors (Lipinski definition) is 1. The highest BCUT2D eigenvalue weighted by atomic mass is 15.3. The minimum atomic E-state index is 0.392. The summed E-state index contributed by atoms with van der Waals surface area (Å²) in [5.41, 5.74) is 0.785. The molecule has 1 aromatic rings. The van der Waals surface area contributed by atoms with E-state index in [1.165, 1.54) is 0 Å². The molecule has 4 nitrogen and oxygen atoms in total. The van der Waals surface area contributed by atoms with Gasteiger partial charge in [-0.1, -0.05) is 41.5 Å². The number of rotatable bonds is 6. The van der Waals surface area contributed by atoms with Gasteiger partial charge >= 0.3 is 0 Å². The molecule has 1 aromatic heterocycles. The van der Waals surface area contributed by atoms with E-state index in [9.17, 15) is 0 Å². The summed E-state index contributed by atoms with van der Waals surface area (Å²) >= 11 is 0. The number of hydrogen-bond acceptors (Lipinski definition) is 3. The first-order valence-corrected chi connectivity index (χ1v) is 7.75. The van der Waals surface area contributed by atoms with Crippen LogP contribution in [0.15, 0.2) is 6.33 Å². The Morgan fingerprint density at radius 3 is 2.30 bits per heavy atom. The number of nitrogens with one attached hydrogen (secondary N) is 1. The number of nitrogens with zero attached hydrogens (tertiary/aromatic N) is 3. The lowest BCUT2D eigenvalue weighted by atomic mass is 10.0. The molecule has 1 atom stereocenters. The molecular formula is C16H30N4. The molecule has 1 N–H and O–H groups in total. The molecule has 0 spiro atoms. The van der Waals surface area contributed by atoms with Crippen LogP contribution in [0.2, 0.25) is 0 Å². The molecular weight excluding hydrogens is 248 g/mol. The van der Waals surface area contributed by atoms with E-state index in [4.69, 9.17) is 0 Å². The SMILES string of the molecule is CNC(Cc1ncnn1CC(C)C)C1C(C)(C)C1(C)C. The fourth-order valence-corrected chi connectivity index (χ4v) is 3.78. The summed E-state index contributed by atoms with van der Waals surface area (Å²) in [6.07, 6.45) is 2.65. The molecule has 1 heterocycles. The van der Waals surface area contributed by atoms with Gasteiger partial charge in [0, 0.05) is 19.0 Å². The minimum Gasteiger partial charge on any atom is -0.316 e. The van der Waals surface area contributed by atoms with Crippen LogP contribution in [0.3, 0.4) is 0 Å². The molecule has 114 valence electrons. The third-order valence-electron chi connectivity index (χ3n) is 5.54. The molecule has 0 aromatic carbocycles. The smallest absolute Gasteiger partial charge is 0.138 e. The van der Waals surface area contributed by atoms with Gasteiger partial charge in [0.2, 0.25) is 0 Å². The Hall–Kier alpha value is -0.900. The van der Waals surface area contributed by atoms with Gasteiger partial charge in [0.05, 0.1) is 0 Å². The van der Waals surface area contributed by atoms with E-state index >= 15 is 0 Å². The van der Waals surface area contributed by atoms with Crippen molar-refractivity contribution in [2.75, 3.05) is 7.05 Å². The monoisotopic (exact) mass is 278 g/mol. The van der Waals surface area contributed by atoms with Crippen LogP contribution >= 0.6 is 0 Å². The Kier molecular flexibility index (Phi) is 3.98. The van der Waals surface area contributed by atoms with Crippen molar-refractivity contribution in [1.82, 2.24) is 20.1 Å². The van der Waals surface area contributed by atoms with Crippen molar-refractivity contribution in [3.63, 3.8) is 0 Å². The molecule has 1 unspecified atom stereocenters. The van der Waals surface area contributed by atoms with Crippen LogP contribution < -0.4 is 5.32 Å². The summed E-state index contributed by atoms with van der Waals surface area (Å²) < 4.78 is 2.07. The van der Waals surface area contributed by atoms with E-state index in [0.717, 1.165) is 18.8 Å². The van der Waals surface area contributed by atoms with Crippen molar-refractivity contribution in [1.29, 1.82) is 0 Å². The van der Waals surface area contributed by atoms with Gasteiger partial charge in [-0.15, -0.1) is 0 Å². The zero-order chi connectivity index (χ0) is 15.1. The molecule has 0 bridgehead atoms. The second kappa shape index (κ2) is 5.14. The third-order valence-corrected chi connectivity index (χ3v) is 5.54. The molecule has 4 heteroatoms. The summed E-state index contributed by atoms with van der Waals surface area (Å²) in [5, 5.41) is 7.89. The lowest BCUT2D eigenvalue weighted by molar-refractivity contribution is 0.394. The van der Waals surface area contributed by atoms with E-state index in [1.807, 2.05) is 0 Å². The average Bonchev–Trinajstić information content (AvgIpc) is 2.65. The van der Waals surface area contributed by atoms with Crippen LogP contribution in [-0.4, -0.2) is 27.9 Å². The first kappa shape index (κ1) is 15.5. The van der Waals surface area contributed by atoms with Crippen LogP contribution in [0.25, 0.3) is 0 Å². The quantitative estimate of drug-likeness (QED) is 0.870. The zero-order valence-corrected chi connectivity index (χ0v) is 14.1. The average molecular weight is 278 g/mol. The third kappa shape index (κ3) is 2.50. The highest BCUT2D eigenvalue weighted by molar-refractivity contribution is 5.17. The molecule has 0 amide bonds. The first-order chi connectivity index (χ1) is 9.21. The molecule has 0 aliphatic heterocycles. The maximum atomic E-state index is 4.47. The second-order valence-electron chi connectivity index (χ2n) is 7.77. The van der Waals surface area contributed by atoms with Crippen molar-refractivity contribution < 1.29 is 0 Å². The number of aromatic nitrogens is 3. The second-order valence-corrected chi connectivity index (χ2v) is 7.77. The van der Waals surface area contributed by atoms with Crippen LogP contribution in [0.5, 0.6) is 0 Å². The molecule has 1 aliphatic carbocycles. The summed E-state index contributed by atoms with van der Waals surface area (Å²) in [6, 6.07) is 0.468. The van der Waals surface area contributed by atoms with Gasteiger partial charge in [-0.2, -0.15) is 5.10 Å². The topological polar surface area (TPSA) is 42.7 Å². The summed E-state index contributed by atoms with van der Waals surface area (Å²) in [4.78, 5) is 4.47. The lowest BCUT2D eigenvalue weighted by Gasteiger charge is -2.19. The Morgan fingerprint density at radius 1 is 1.25 bits per heavy atom. The summed E-state index contributed by atoms with van der Waals surface area (Å²) in [7, 11) is 2.07. The van der Waals surface area contributed by atoms with E-state index in [1.54, 1.807) is 6.33 Å². The van der Waals surface area contributed by atoms with Gasteiger partial charge in [0.15, 0.2) is 0 Å². The normalized spacial score (nSPS) is 22.2. The Labute approximate surface area is 123 Å². The van der Waals surface area contributed by atoms with Crippen molar-refractivity contribution >= 4 is 0 Å². The standard InChI is InChI=1S/C16H30N4/c1-11(2)9-20-13(18-10-19-20)8-12(17-7)14-15(3,4)16(14,5)6/h10-12,14,17H,8-9H2,1-7H3. The highest BCUT2D eigenvalue weighted by Gasteiger charge is 2.66. The maximum absolute atomic E-state index is 4.47. The molecule has 1 fully saturated rings.